The standard InChI is InChI=1S/C7H5F2N3O/c8-4-1-5(9)3-6(2-4)11-7(13)12-10/h1-3,10H,(H,11,13). The molecule has 0 atom stereocenters. The molecule has 68 valence electrons. The van der Waals surface area contributed by atoms with E-state index in [0.29, 0.717) is 6.07 Å². The van der Waals surface area contributed by atoms with Gasteiger partial charge in [-0.3, -0.25) is 0 Å². The smallest absolute Gasteiger partial charge is 0.305 e. The molecule has 0 aliphatic heterocycles. The molecular formula is C7H5F2N3O. The van der Waals surface area contributed by atoms with Crippen LogP contribution in [0.2, 0.25) is 0 Å². The van der Waals surface area contributed by atoms with Crippen molar-refractivity contribution in [2.24, 2.45) is 5.11 Å². The minimum atomic E-state index is -0.981. The summed E-state index contributed by atoms with van der Waals surface area (Å²) in [5.74, 6) is -1.61. The summed E-state index contributed by atoms with van der Waals surface area (Å²) < 4.78 is 25.0. The number of nitrogens with one attached hydrogen (secondary N) is 2. The quantitative estimate of drug-likeness (QED) is 0.648. The molecule has 6 heteroatoms. The Labute approximate surface area is 72.1 Å². The summed E-state index contributed by atoms with van der Waals surface area (Å²) in [6, 6.07) is 1.54. The fraction of sp³-hybridized carbons (Fsp3) is 0. The third-order valence-corrected chi connectivity index (χ3v) is 1.22. The highest BCUT2D eigenvalue weighted by molar-refractivity contribution is 5.89. The van der Waals surface area contributed by atoms with Crippen molar-refractivity contribution in [1.82, 2.24) is 0 Å². The first-order valence-electron chi connectivity index (χ1n) is 3.26. The fourth-order valence-electron chi connectivity index (χ4n) is 0.777. The Bertz CT molecular complexity index is 333. The van der Waals surface area contributed by atoms with E-state index in [1.807, 2.05) is 5.32 Å². The van der Waals surface area contributed by atoms with Crippen LogP contribution in [0.15, 0.2) is 23.3 Å². The van der Waals surface area contributed by atoms with Crippen LogP contribution in [0.5, 0.6) is 0 Å². The molecule has 0 bridgehead atoms. The highest BCUT2D eigenvalue weighted by atomic mass is 19.1. The van der Waals surface area contributed by atoms with Gasteiger partial charge < -0.3 is 5.32 Å². The average molecular weight is 185 g/mol. The van der Waals surface area contributed by atoms with Gasteiger partial charge in [-0.05, 0) is 12.1 Å². The molecule has 13 heavy (non-hydrogen) atoms. The number of carbonyl (C=O) groups excluding carboxylic acids is 1. The Kier molecular flexibility index (Phi) is 2.63. The predicted molar refractivity (Wildman–Crippen MR) is 40.5 cm³/mol. The van der Waals surface area contributed by atoms with Gasteiger partial charge >= 0.3 is 6.03 Å². The summed E-state index contributed by atoms with van der Waals surface area (Å²) in [7, 11) is 0. The summed E-state index contributed by atoms with van der Waals surface area (Å²) in [6.45, 7) is 0. The highest BCUT2D eigenvalue weighted by Crippen LogP contribution is 2.12. The second-order valence-corrected chi connectivity index (χ2v) is 2.20. The third-order valence-electron chi connectivity index (χ3n) is 1.22. The van der Waals surface area contributed by atoms with E-state index in [4.69, 9.17) is 5.53 Å². The molecular weight excluding hydrogens is 180 g/mol. The predicted octanol–water partition coefficient (Wildman–Crippen LogP) is 2.53. The first-order chi connectivity index (χ1) is 6.11. The van der Waals surface area contributed by atoms with E-state index in [-0.39, 0.29) is 5.69 Å². The monoisotopic (exact) mass is 185 g/mol. The molecule has 0 aliphatic carbocycles. The van der Waals surface area contributed by atoms with Crippen molar-refractivity contribution >= 4 is 11.7 Å². The van der Waals surface area contributed by atoms with E-state index in [2.05, 4.69) is 5.11 Å². The Hall–Kier alpha value is -1.85. The molecule has 0 saturated heterocycles. The normalized spacial score (nSPS) is 9.38. The number of urea groups is 1. The summed E-state index contributed by atoms with van der Waals surface area (Å²) in [4.78, 5) is 10.5. The van der Waals surface area contributed by atoms with Crippen molar-refractivity contribution in [2.75, 3.05) is 5.32 Å². The largest absolute Gasteiger partial charge is 0.363 e. The van der Waals surface area contributed by atoms with Crippen LogP contribution in [-0.2, 0) is 0 Å². The molecule has 0 heterocycles. The van der Waals surface area contributed by atoms with E-state index < -0.39 is 17.7 Å². The van der Waals surface area contributed by atoms with Crippen LogP contribution in [0, 0.1) is 17.2 Å². The maximum atomic E-state index is 12.5. The lowest BCUT2D eigenvalue weighted by molar-refractivity contribution is 0.258. The topological polar surface area (TPSA) is 65.3 Å². The second kappa shape index (κ2) is 3.70. The molecule has 1 rings (SSSR count). The van der Waals surface area contributed by atoms with E-state index in [9.17, 15) is 13.6 Å². The van der Waals surface area contributed by atoms with Crippen molar-refractivity contribution in [2.45, 2.75) is 0 Å². The Balaban J connectivity index is 2.89. The first kappa shape index (κ1) is 9.24. The van der Waals surface area contributed by atoms with E-state index in [1.54, 1.807) is 0 Å². The zero-order valence-corrected chi connectivity index (χ0v) is 6.34. The van der Waals surface area contributed by atoms with Gasteiger partial charge in [-0.25, -0.2) is 13.6 Å². The van der Waals surface area contributed by atoms with Gasteiger partial charge in [-0.15, -0.1) is 0 Å². The Morgan fingerprint density at radius 3 is 2.31 bits per heavy atom. The average Bonchev–Trinajstić information content (AvgIpc) is 2.02. The van der Waals surface area contributed by atoms with Crippen molar-refractivity contribution in [3.05, 3.63) is 29.8 Å². The Morgan fingerprint density at radius 2 is 1.85 bits per heavy atom. The van der Waals surface area contributed by atoms with Crippen molar-refractivity contribution in [3.8, 4) is 0 Å². The molecule has 1 aromatic carbocycles. The molecule has 0 radical (unpaired) electrons. The number of anilines is 1. The zero-order chi connectivity index (χ0) is 9.84. The van der Waals surface area contributed by atoms with Gasteiger partial charge in [-0.2, -0.15) is 5.53 Å². The number of halogens is 2. The molecule has 0 spiro atoms. The summed E-state index contributed by atoms with van der Waals surface area (Å²) in [5, 5.41) is 4.50. The molecule has 0 aliphatic rings. The summed E-state index contributed by atoms with van der Waals surface area (Å²) in [5.41, 5.74) is 6.22. The van der Waals surface area contributed by atoms with Crippen molar-refractivity contribution < 1.29 is 13.6 Å². The van der Waals surface area contributed by atoms with Crippen molar-refractivity contribution in [1.29, 1.82) is 5.53 Å². The number of hydrogen-bond donors (Lipinski definition) is 2. The molecule has 4 nitrogen and oxygen atoms in total. The van der Waals surface area contributed by atoms with Crippen LogP contribution in [0.4, 0.5) is 19.3 Å². The van der Waals surface area contributed by atoms with Crippen molar-refractivity contribution in [3.63, 3.8) is 0 Å². The van der Waals surface area contributed by atoms with Crippen LogP contribution in [-0.4, -0.2) is 6.03 Å². The number of nitrogens with zero attached hydrogens (tertiary/aromatic N) is 1. The van der Waals surface area contributed by atoms with Gasteiger partial charge in [0.15, 0.2) is 0 Å². The summed E-state index contributed by atoms with van der Waals surface area (Å²) in [6.07, 6.45) is 0. The lowest BCUT2D eigenvalue weighted by Gasteiger charge is -2.00. The lowest BCUT2D eigenvalue weighted by atomic mass is 10.3. The van der Waals surface area contributed by atoms with Gasteiger partial charge in [-0.1, -0.05) is 5.11 Å². The van der Waals surface area contributed by atoms with Gasteiger partial charge in [0.05, 0.1) is 0 Å². The molecule has 0 aromatic heterocycles. The summed E-state index contributed by atoms with van der Waals surface area (Å²) >= 11 is 0. The Morgan fingerprint density at radius 1 is 1.31 bits per heavy atom. The minimum absolute atomic E-state index is 0.0708. The van der Waals surface area contributed by atoms with E-state index in [1.165, 1.54) is 0 Å². The van der Waals surface area contributed by atoms with Crippen LogP contribution in [0.1, 0.15) is 0 Å². The van der Waals surface area contributed by atoms with Gasteiger partial charge in [0, 0.05) is 11.8 Å². The number of amides is 2. The maximum Gasteiger partial charge on any atom is 0.363 e. The van der Waals surface area contributed by atoms with Crippen LogP contribution in [0.25, 0.3) is 0 Å². The van der Waals surface area contributed by atoms with E-state index in [0.717, 1.165) is 12.1 Å². The van der Waals surface area contributed by atoms with Gasteiger partial charge in [0.25, 0.3) is 0 Å². The zero-order valence-electron chi connectivity index (χ0n) is 6.34. The second-order valence-electron chi connectivity index (χ2n) is 2.20. The molecule has 0 unspecified atom stereocenters. The fourth-order valence-corrected chi connectivity index (χ4v) is 0.777. The van der Waals surface area contributed by atoms with E-state index >= 15 is 0 Å². The SMILES string of the molecule is N=NC(=O)Nc1cc(F)cc(F)c1. The molecule has 2 N–H and O–H groups in total. The van der Waals surface area contributed by atoms with Gasteiger partial charge in [0.1, 0.15) is 11.6 Å². The van der Waals surface area contributed by atoms with Crippen LogP contribution in [0.3, 0.4) is 0 Å². The molecule has 1 aromatic rings. The number of hydrogen-bond acceptors (Lipinski definition) is 2. The first-order valence-corrected chi connectivity index (χ1v) is 3.26. The molecule has 0 saturated carbocycles. The van der Waals surface area contributed by atoms with Crippen LogP contribution < -0.4 is 5.32 Å². The molecule has 2 amide bonds. The number of rotatable bonds is 1. The van der Waals surface area contributed by atoms with Crippen LogP contribution >= 0.6 is 0 Å². The lowest BCUT2D eigenvalue weighted by Crippen LogP contribution is -2.05. The minimum Gasteiger partial charge on any atom is -0.305 e. The maximum absolute atomic E-state index is 12.5. The number of benzene rings is 1. The number of carbonyl (C=O) groups is 1. The van der Waals surface area contributed by atoms with Gasteiger partial charge in [0.2, 0.25) is 0 Å². The third kappa shape index (κ3) is 2.58. The molecule has 0 fully saturated rings. The highest BCUT2D eigenvalue weighted by Gasteiger charge is 2.03.